The molecule has 3 atom stereocenters. The molecule has 2 heterocycles. The van der Waals surface area contributed by atoms with Crippen molar-refractivity contribution >= 4 is 0 Å². The van der Waals surface area contributed by atoms with Crippen LogP contribution < -0.4 is 11.2 Å². The Morgan fingerprint density at radius 2 is 2.19 bits per heavy atom. The summed E-state index contributed by atoms with van der Waals surface area (Å²) < 4.78 is 12.3. The number of aliphatic hydroxyl groups excluding tert-OH is 1. The lowest BCUT2D eigenvalue weighted by Crippen LogP contribution is -2.39. The fourth-order valence-corrected chi connectivity index (χ4v) is 2.33. The number of aryl methyl sites for hydroxylation is 1. The molecule has 1 saturated heterocycles. The zero-order valence-corrected chi connectivity index (χ0v) is 12.2. The lowest BCUT2D eigenvalue weighted by molar-refractivity contribution is -0.223. The maximum absolute atomic E-state index is 11.9. The van der Waals surface area contributed by atoms with Gasteiger partial charge in [0.25, 0.3) is 5.56 Å². The van der Waals surface area contributed by atoms with Crippen molar-refractivity contribution in [3.63, 3.8) is 0 Å². The van der Waals surface area contributed by atoms with Gasteiger partial charge in [0.05, 0.1) is 12.7 Å². The first-order chi connectivity index (χ1) is 9.71. The topological polar surface area (TPSA) is 114 Å². The Morgan fingerprint density at radius 3 is 2.76 bits per heavy atom. The molecule has 1 aromatic rings. The van der Waals surface area contributed by atoms with Gasteiger partial charge in [0.1, 0.15) is 6.10 Å². The van der Waals surface area contributed by atoms with Crippen LogP contribution in [0.15, 0.2) is 15.8 Å². The van der Waals surface area contributed by atoms with Crippen molar-refractivity contribution in [2.45, 2.75) is 51.4 Å². The minimum Gasteiger partial charge on any atom is -0.394 e. The Bertz CT molecular complexity index is 614. The number of nitrogens with zero attached hydrogens (tertiary/aromatic N) is 1. The number of hydrogen-bond donors (Lipinski definition) is 3. The summed E-state index contributed by atoms with van der Waals surface area (Å²) in [7, 11) is 0. The Hall–Kier alpha value is -1.48. The lowest BCUT2D eigenvalue weighted by Gasteiger charge is -2.27. The van der Waals surface area contributed by atoms with Gasteiger partial charge in [-0.25, -0.2) is 4.79 Å². The van der Waals surface area contributed by atoms with E-state index in [9.17, 15) is 19.8 Å². The van der Waals surface area contributed by atoms with Crippen LogP contribution in [0.1, 0.15) is 32.1 Å². The average Bonchev–Trinajstić information content (AvgIpc) is 2.74. The highest BCUT2D eigenvalue weighted by Crippen LogP contribution is 2.32. The molecule has 0 bridgehead atoms. The second-order valence-electron chi connectivity index (χ2n) is 5.65. The second kappa shape index (κ2) is 5.72. The minimum atomic E-state index is -1.41. The molecule has 0 spiro atoms. The summed E-state index contributed by atoms with van der Waals surface area (Å²) in [6, 6.07) is 0. The second-order valence-corrected chi connectivity index (χ2v) is 5.65. The van der Waals surface area contributed by atoms with Crippen molar-refractivity contribution in [3.05, 3.63) is 32.6 Å². The molecule has 2 unspecified atom stereocenters. The molecule has 1 aliphatic heterocycles. The molecule has 8 heteroatoms. The van der Waals surface area contributed by atoms with Gasteiger partial charge < -0.3 is 19.7 Å². The zero-order chi connectivity index (χ0) is 15.8. The molecule has 0 radical (unpaired) electrons. The van der Waals surface area contributed by atoms with E-state index in [0.29, 0.717) is 12.0 Å². The van der Waals surface area contributed by atoms with Gasteiger partial charge in [-0.15, -0.1) is 0 Å². The Morgan fingerprint density at radius 1 is 1.52 bits per heavy atom. The maximum atomic E-state index is 11.9. The molecule has 1 fully saturated rings. The van der Waals surface area contributed by atoms with Crippen molar-refractivity contribution in [2.24, 2.45) is 0 Å². The first kappa shape index (κ1) is 15.9. The molecule has 8 nitrogen and oxygen atoms in total. The predicted molar refractivity (Wildman–Crippen MR) is 72.8 cm³/mol. The number of aromatic nitrogens is 2. The molecule has 1 aliphatic rings. The average molecular weight is 300 g/mol. The highest BCUT2D eigenvalue weighted by atomic mass is 16.7. The van der Waals surface area contributed by atoms with Crippen LogP contribution in [0.3, 0.4) is 0 Å². The van der Waals surface area contributed by atoms with Crippen LogP contribution in [-0.4, -0.2) is 44.4 Å². The molecule has 21 heavy (non-hydrogen) atoms. The number of H-pyrrole nitrogens is 1. The van der Waals surface area contributed by atoms with Gasteiger partial charge in [0.2, 0.25) is 0 Å². The van der Waals surface area contributed by atoms with E-state index in [-0.39, 0.29) is 6.61 Å². The molecule has 1 aromatic heterocycles. The number of ether oxygens (including phenoxy) is 2. The number of nitrogens with one attached hydrogen (secondary N) is 1. The van der Waals surface area contributed by atoms with Crippen LogP contribution in [-0.2, 0) is 9.47 Å². The third-order valence-electron chi connectivity index (χ3n) is 3.21. The monoisotopic (exact) mass is 300 g/mol. The molecule has 2 rings (SSSR count). The predicted octanol–water partition coefficient (Wildman–Crippen LogP) is -0.762. The van der Waals surface area contributed by atoms with Gasteiger partial charge in [-0.05, 0) is 20.8 Å². The Labute approximate surface area is 120 Å². The summed E-state index contributed by atoms with van der Waals surface area (Å²) in [6.07, 6.45) is -0.231. The van der Waals surface area contributed by atoms with Gasteiger partial charge in [-0.1, -0.05) is 0 Å². The lowest BCUT2D eigenvalue weighted by atomic mass is 10.2. The summed E-state index contributed by atoms with van der Waals surface area (Å²) >= 11 is 0. The van der Waals surface area contributed by atoms with Gasteiger partial charge in [0.15, 0.2) is 12.0 Å². The Kier molecular flexibility index (Phi) is 4.33. The fraction of sp³-hybridized carbons (Fsp3) is 0.692. The third-order valence-corrected chi connectivity index (χ3v) is 3.21. The van der Waals surface area contributed by atoms with E-state index < -0.39 is 35.5 Å². The van der Waals surface area contributed by atoms with Gasteiger partial charge in [-0.3, -0.25) is 14.3 Å². The van der Waals surface area contributed by atoms with E-state index in [1.54, 1.807) is 6.92 Å². The van der Waals surface area contributed by atoms with E-state index >= 15 is 0 Å². The fourth-order valence-electron chi connectivity index (χ4n) is 2.33. The molecule has 118 valence electrons. The summed E-state index contributed by atoms with van der Waals surface area (Å²) in [5.74, 6) is -1.41. The maximum Gasteiger partial charge on any atom is 0.330 e. The molecule has 0 aliphatic carbocycles. The van der Waals surface area contributed by atoms with Crippen molar-refractivity contribution in [2.75, 3.05) is 6.61 Å². The smallest absolute Gasteiger partial charge is 0.330 e. The van der Waals surface area contributed by atoms with E-state index in [2.05, 4.69) is 4.98 Å². The zero-order valence-electron chi connectivity index (χ0n) is 12.2. The van der Waals surface area contributed by atoms with E-state index in [0.717, 1.165) is 0 Å². The first-order valence-electron chi connectivity index (χ1n) is 6.70. The van der Waals surface area contributed by atoms with E-state index in [1.165, 1.54) is 24.6 Å². The van der Waals surface area contributed by atoms with Crippen molar-refractivity contribution < 1.29 is 19.7 Å². The summed E-state index contributed by atoms with van der Waals surface area (Å²) in [4.78, 5) is 25.5. The molecule has 0 aromatic carbocycles. The number of aromatic amines is 1. The summed E-state index contributed by atoms with van der Waals surface area (Å²) in [5.41, 5.74) is -0.737. The van der Waals surface area contributed by atoms with Crippen molar-refractivity contribution in [3.8, 4) is 0 Å². The van der Waals surface area contributed by atoms with Crippen molar-refractivity contribution in [1.29, 1.82) is 0 Å². The highest BCUT2D eigenvalue weighted by molar-refractivity contribution is 5.02. The van der Waals surface area contributed by atoms with E-state index in [1.807, 2.05) is 0 Å². The Balaban J connectivity index is 2.37. The summed E-state index contributed by atoms with van der Waals surface area (Å²) in [6.45, 7) is 4.28. The van der Waals surface area contributed by atoms with Crippen LogP contribution in [0.5, 0.6) is 0 Å². The first-order valence-corrected chi connectivity index (χ1v) is 6.70. The quantitative estimate of drug-likeness (QED) is 0.630. The molecule has 3 N–H and O–H groups in total. The van der Waals surface area contributed by atoms with Crippen LogP contribution in [0, 0.1) is 6.92 Å². The van der Waals surface area contributed by atoms with Crippen LogP contribution >= 0.6 is 0 Å². The third kappa shape index (κ3) is 3.59. The minimum absolute atomic E-state index is 0.223. The number of aliphatic hydroxyl groups is 2. The van der Waals surface area contributed by atoms with Gasteiger partial charge >= 0.3 is 5.69 Å². The van der Waals surface area contributed by atoms with Gasteiger partial charge in [-0.2, -0.15) is 0 Å². The van der Waals surface area contributed by atoms with Crippen LogP contribution in [0.25, 0.3) is 0 Å². The summed E-state index contributed by atoms with van der Waals surface area (Å²) in [5, 5.41) is 19.0. The SMILES string of the molecule is Cc1cn(C2OC(CO)C[C@H]2OC(C)(C)O)c(=O)[nH]c1=O. The molecule has 0 amide bonds. The van der Waals surface area contributed by atoms with Crippen molar-refractivity contribution in [1.82, 2.24) is 9.55 Å². The number of hydrogen-bond acceptors (Lipinski definition) is 6. The van der Waals surface area contributed by atoms with Crippen LogP contribution in [0.2, 0.25) is 0 Å². The van der Waals surface area contributed by atoms with Gasteiger partial charge in [0, 0.05) is 18.2 Å². The molecular weight excluding hydrogens is 280 g/mol. The largest absolute Gasteiger partial charge is 0.394 e. The van der Waals surface area contributed by atoms with E-state index in [4.69, 9.17) is 9.47 Å². The molecule has 0 saturated carbocycles. The standard InChI is InChI=1S/C13H20N2O6/c1-7-5-15(12(18)14-10(7)17)11-9(21-13(2,3)19)4-8(6-16)20-11/h5,8-9,11,16,19H,4,6H2,1-3H3,(H,14,17,18)/t8?,9-,11?/m1/s1. The number of rotatable bonds is 4. The molecular formula is C13H20N2O6. The normalized spacial score (nSPS) is 26.2. The highest BCUT2D eigenvalue weighted by Gasteiger charge is 2.40. The van der Waals surface area contributed by atoms with Crippen LogP contribution in [0.4, 0.5) is 0 Å².